The van der Waals surface area contributed by atoms with Crippen LogP contribution in [-0.2, 0) is 0 Å². The number of hydrogen-bond acceptors (Lipinski definition) is 4. The maximum absolute atomic E-state index is 8.43. The molecule has 0 aromatic rings. The zero-order valence-corrected chi connectivity index (χ0v) is 5.94. The zero-order chi connectivity index (χ0) is 8.15. The minimum Gasteiger partial charge on any atom is -0.368 e. The molecular weight excluding hydrogens is 136 g/mol. The van der Waals surface area contributed by atoms with Crippen molar-refractivity contribution < 1.29 is 20.4 Å². The van der Waals surface area contributed by atoms with E-state index in [1.54, 1.807) is 6.92 Å². The van der Waals surface area contributed by atoms with Crippen LogP contribution in [0.4, 0.5) is 0 Å². The first-order valence-electron chi connectivity index (χ1n) is 3.24. The van der Waals surface area contributed by atoms with Gasteiger partial charge in [0.1, 0.15) is 0 Å². The van der Waals surface area contributed by atoms with Crippen LogP contribution in [-0.4, -0.2) is 33.0 Å². The Morgan fingerprint density at radius 1 is 0.900 bits per heavy atom. The Kier molecular flexibility index (Phi) is 4.55. The fraction of sp³-hybridized carbons (Fsp3) is 1.00. The van der Waals surface area contributed by atoms with Crippen molar-refractivity contribution in [3.8, 4) is 0 Å². The minimum absolute atomic E-state index is 0.0833. The molecule has 0 aromatic heterocycles. The summed E-state index contributed by atoms with van der Waals surface area (Å²) in [4.78, 5) is 0. The van der Waals surface area contributed by atoms with Crippen molar-refractivity contribution in [2.45, 2.75) is 32.3 Å². The van der Waals surface area contributed by atoms with Gasteiger partial charge in [0.25, 0.3) is 0 Å². The monoisotopic (exact) mass is 150 g/mol. The second kappa shape index (κ2) is 4.62. The second-order valence-corrected chi connectivity index (χ2v) is 2.54. The lowest BCUT2D eigenvalue weighted by Crippen LogP contribution is -2.15. The average Bonchev–Trinajstić information content (AvgIpc) is 1.58. The van der Waals surface area contributed by atoms with E-state index >= 15 is 0 Å². The molecule has 0 fully saturated rings. The van der Waals surface area contributed by atoms with E-state index in [2.05, 4.69) is 0 Å². The molecule has 4 nitrogen and oxygen atoms in total. The third kappa shape index (κ3) is 5.97. The van der Waals surface area contributed by atoms with E-state index in [0.717, 1.165) is 0 Å². The van der Waals surface area contributed by atoms with Crippen LogP contribution in [0.1, 0.15) is 19.8 Å². The average molecular weight is 150 g/mol. The van der Waals surface area contributed by atoms with E-state index < -0.39 is 12.6 Å². The Labute approximate surface area is 59.7 Å². The predicted molar refractivity (Wildman–Crippen MR) is 34.8 cm³/mol. The summed E-state index contributed by atoms with van der Waals surface area (Å²) in [5.41, 5.74) is 0. The molecule has 62 valence electrons. The van der Waals surface area contributed by atoms with Gasteiger partial charge in [0, 0.05) is 12.8 Å². The number of rotatable bonds is 4. The van der Waals surface area contributed by atoms with Crippen molar-refractivity contribution in [1.82, 2.24) is 0 Å². The van der Waals surface area contributed by atoms with Crippen molar-refractivity contribution in [2.24, 2.45) is 5.92 Å². The van der Waals surface area contributed by atoms with Gasteiger partial charge in [0.2, 0.25) is 0 Å². The molecule has 0 spiro atoms. The van der Waals surface area contributed by atoms with Crippen molar-refractivity contribution in [3.63, 3.8) is 0 Å². The van der Waals surface area contributed by atoms with Gasteiger partial charge in [-0.15, -0.1) is 0 Å². The summed E-state index contributed by atoms with van der Waals surface area (Å²) in [5, 5.41) is 33.7. The Bertz CT molecular complexity index is 71.8. The molecule has 0 heterocycles. The van der Waals surface area contributed by atoms with Gasteiger partial charge >= 0.3 is 0 Å². The van der Waals surface area contributed by atoms with E-state index in [4.69, 9.17) is 20.4 Å². The Balaban J connectivity index is 3.34. The smallest absolute Gasteiger partial charge is 0.151 e. The van der Waals surface area contributed by atoms with Gasteiger partial charge in [-0.2, -0.15) is 0 Å². The van der Waals surface area contributed by atoms with Crippen molar-refractivity contribution in [2.75, 3.05) is 0 Å². The molecule has 0 saturated heterocycles. The molecule has 0 unspecified atom stereocenters. The Morgan fingerprint density at radius 2 is 1.20 bits per heavy atom. The topological polar surface area (TPSA) is 80.9 Å². The number of aliphatic hydroxyl groups excluding tert-OH is 2. The van der Waals surface area contributed by atoms with Crippen LogP contribution in [0, 0.1) is 5.92 Å². The number of hydrogen-bond donors (Lipinski definition) is 4. The third-order valence-corrected chi connectivity index (χ3v) is 1.23. The van der Waals surface area contributed by atoms with Crippen LogP contribution >= 0.6 is 0 Å². The molecule has 10 heavy (non-hydrogen) atoms. The van der Waals surface area contributed by atoms with Crippen LogP contribution in [0.2, 0.25) is 0 Å². The van der Waals surface area contributed by atoms with E-state index in [1.165, 1.54) is 0 Å². The van der Waals surface area contributed by atoms with Gasteiger partial charge in [-0.05, 0) is 5.92 Å². The van der Waals surface area contributed by atoms with Crippen LogP contribution < -0.4 is 0 Å². The minimum atomic E-state index is -1.35. The fourth-order valence-electron chi connectivity index (χ4n) is 0.816. The molecule has 0 aliphatic carbocycles. The summed E-state index contributed by atoms with van der Waals surface area (Å²) in [7, 11) is 0. The lowest BCUT2D eigenvalue weighted by Gasteiger charge is -2.12. The van der Waals surface area contributed by atoms with Gasteiger partial charge in [-0.1, -0.05) is 6.92 Å². The zero-order valence-electron chi connectivity index (χ0n) is 5.94. The summed E-state index contributed by atoms with van der Waals surface area (Å²) in [6.07, 6.45) is -2.35. The molecule has 0 bridgehead atoms. The highest BCUT2D eigenvalue weighted by atomic mass is 16.5. The van der Waals surface area contributed by atoms with Gasteiger partial charge in [0.05, 0.1) is 0 Å². The normalized spacial score (nSPS) is 12.0. The molecule has 4 heteroatoms. The molecule has 0 aliphatic rings. The lowest BCUT2D eigenvalue weighted by molar-refractivity contribution is -0.0807. The van der Waals surface area contributed by atoms with E-state index in [1.807, 2.05) is 0 Å². The highest BCUT2D eigenvalue weighted by Crippen LogP contribution is 2.10. The summed E-state index contributed by atoms with van der Waals surface area (Å²) in [6.45, 7) is 1.72. The quantitative estimate of drug-likeness (QED) is 0.388. The number of aliphatic hydroxyl groups is 4. The van der Waals surface area contributed by atoms with Gasteiger partial charge in [0.15, 0.2) is 12.6 Å². The molecule has 0 saturated carbocycles. The molecule has 0 rings (SSSR count). The highest BCUT2D eigenvalue weighted by Gasteiger charge is 2.10. The fourth-order valence-corrected chi connectivity index (χ4v) is 0.816. The first-order chi connectivity index (χ1) is 4.52. The van der Waals surface area contributed by atoms with Crippen LogP contribution in [0.15, 0.2) is 0 Å². The lowest BCUT2D eigenvalue weighted by atomic mass is 10.0. The van der Waals surface area contributed by atoms with Gasteiger partial charge in [-0.3, -0.25) is 0 Å². The molecular formula is C6H14O4. The molecule has 0 aliphatic heterocycles. The van der Waals surface area contributed by atoms with Crippen LogP contribution in [0.5, 0.6) is 0 Å². The predicted octanol–water partition coefficient (Wildman–Crippen LogP) is -0.976. The maximum atomic E-state index is 8.43. The SMILES string of the molecule is CC(CC(O)O)CC(O)O. The second-order valence-electron chi connectivity index (χ2n) is 2.54. The summed E-state index contributed by atoms with van der Waals surface area (Å²) in [6, 6.07) is 0. The van der Waals surface area contributed by atoms with Crippen molar-refractivity contribution in [1.29, 1.82) is 0 Å². The van der Waals surface area contributed by atoms with Crippen molar-refractivity contribution >= 4 is 0 Å². The molecule has 0 atom stereocenters. The third-order valence-electron chi connectivity index (χ3n) is 1.23. The van der Waals surface area contributed by atoms with Gasteiger partial charge < -0.3 is 20.4 Å². The maximum Gasteiger partial charge on any atom is 0.151 e. The van der Waals surface area contributed by atoms with E-state index in [9.17, 15) is 0 Å². The van der Waals surface area contributed by atoms with E-state index in [0.29, 0.717) is 0 Å². The van der Waals surface area contributed by atoms with E-state index in [-0.39, 0.29) is 18.8 Å². The summed E-state index contributed by atoms with van der Waals surface area (Å²) in [5.74, 6) is -0.0833. The molecule has 4 N–H and O–H groups in total. The summed E-state index contributed by atoms with van der Waals surface area (Å²) < 4.78 is 0. The summed E-state index contributed by atoms with van der Waals surface area (Å²) >= 11 is 0. The largest absolute Gasteiger partial charge is 0.368 e. The van der Waals surface area contributed by atoms with Crippen LogP contribution in [0.3, 0.4) is 0 Å². The van der Waals surface area contributed by atoms with Crippen molar-refractivity contribution in [3.05, 3.63) is 0 Å². The highest BCUT2D eigenvalue weighted by molar-refractivity contribution is 4.54. The Morgan fingerprint density at radius 3 is 1.40 bits per heavy atom. The standard InChI is InChI=1S/C6H14O4/c1-4(2-5(7)8)3-6(9)10/h4-10H,2-3H2,1H3. The first kappa shape index (κ1) is 9.84. The molecule has 0 aromatic carbocycles. The molecule has 0 amide bonds. The Hall–Kier alpha value is -0.160. The molecule has 0 radical (unpaired) electrons. The van der Waals surface area contributed by atoms with Gasteiger partial charge in [-0.25, -0.2) is 0 Å². The first-order valence-corrected chi connectivity index (χ1v) is 3.24. The van der Waals surface area contributed by atoms with Crippen LogP contribution in [0.25, 0.3) is 0 Å².